The number of hydrogen-bond donors (Lipinski definition) is 1. The molecule has 0 spiro atoms. The van der Waals surface area contributed by atoms with Crippen LogP contribution in [0.5, 0.6) is 11.5 Å². The number of hydrogen-bond acceptors (Lipinski definition) is 5. The minimum atomic E-state index is 0.210. The van der Waals surface area contributed by atoms with Gasteiger partial charge in [-0.1, -0.05) is 30.3 Å². The number of aliphatic hydroxyl groups is 1. The van der Waals surface area contributed by atoms with Gasteiger partial charge in [-0.2, -0.15) is 0 Å². The molecule has 0 aromatic heterocycles. The Balaban J connectivity index is 1.65. The average molecular weight is 385 g/mol. The van der Waals surface area contributed by atoms with E-state index < -0.39 is 0 Å². The van der Waals surface area contributed by atoms with E-state index >= 15 is 0 Å². The van der Waals surface area contributed by atoms with Crippen LogP contribution in [-0.2, 0) is 13.1 Å². The van der Waals surface area contributed by atoms with Gasteiger partial charge in [-0.15, -0.1) is 0 Å². The Morgan fingerprint density at radius 2 is 1.93 bits per heavy atom. The van der Waals surface area contributed by atoms with Crippen LogP contribution < -0.4 is 9.47 Å². The van der Waals surface area contributed by atoms with Gasteiger partial charge in [0.05, 0.1) is 13.7 Å². The third-order valence-electron chi connectivity index (χ3n) is 5.34. The van der Waals surface area contributed by atoms with E-state index in [9.17, 15) is 5.11 Å². The molecule has 1 atom stereocenters. The number of nitrogens with zero attached hydrogens (tertiary/aromatic N) is 2. The molecule has 1 aliphatic rings. The van der Waals surface area contributed by atoms with Crippen LogP contribution in [-0.4, -0.2) is 60.9 Å². The molecule has 1 N–H and O–H groups in total. The Kier molecular flexibility index (Phi) is 7.71. The van der Waals surface area contributed by atoms with Crippen LogP contribution in [0.3, 0.4) is 0 Å². The van der Waals surface area contributed by atoms with Crippen molar-refractivity contribution in [2.24, 2.45) is 0 Å². The van der Waals surface area contributed by atoms with Crippen molar-refractivity contribution in [3.8, 4) is 11.5 Å². The van der Waals surface area contributed by atoms with Crippen molar-refractivity contribution < 1.29 is 14.6 Å². The summed E-state index contributed by atoms with van der Waals surface area (Å²) >= 11 is 0. The molecule has 0 radical (unpaired) electrons. The quantitative estimate of drug-likeness (QED) is 0.720. The van der Waals surface area contributed by atoms with Gasteiger partial charge in [0.1, 0.15) is 11.5 Å². The van der Waals surface area contributed by atoms with Crippen LogP contribution in [0.1, 0.15) is 24.5 Å². The fraction of sp³-hybridized carbons (Fsp3) is 0.478. The van der Waals surface area contributed by atoms with Crippen molar-refractivity contribution in [3.05, 3.63) is 59.7 Å². The maximum Gasteiger partial charge on any atom is 0.123 e. The molecule has 1 fully saturated rings. The second kappa shape index (κ2) is 10.5. The molecule has 0 aliphatic carbocycles. The van der Waals surface area contributed by atoms with Crippen molar-refractivity contribution in [1.82, 2.24) is 9.80 Å². The summed E-state index contributed by atoms with van der Waals surface area (Å²) in [6, 6.07) is 16.9. The highest BCUT2D eigenvalue weighted by atomic mass is 16.5. The van der Waals surface area contributed by atoms with E-state index in [-0.39, 0.29) is 6.61 Å². The van der Waals surface area contributed by atoms with E-state index in [4.69, 9.17) is 9.47 Å². The molecule has 2 aromatic rings. The minimum absolute atomic E-state index is 0.210. The Hall–Kier alpha value is -2.08. The first-order valence-electron chi connectivity index (χ1n) is 10.1. The van der Waals surface area contributed by atoms with Crippen LogP contribution in [0, 0.1) is 0 Å². The third kappa shape index (κ3) is 5.47. The zero-order valence-electron chi connectivity index (χ0n) is 17.0. The summed E-state index contributed by atoms with van der Waals surface area (Å²) < 4.78 is 11.1. The highest BCUT2D eigenvalue weighted by Crippen LogP contribution is 2.24. The second-order valence-electron chi connectivity index (χ2n) is 7.26. The molecule has 28 heavy (non-hydrogen) atoms. The van der Waals surface area contributed by atoms with Crippen LogP contribution in [0.4, 0.5) is 0 Å². The predicted molar refractivity (Wildman–Crippen MR) is 112 cm³/mol. The molecule has 3 rings (SSSR count). The number of ether oxygens (including phenoxy) is 2. The van der Waals surface area contributed by atoms with Crippen molar-refractivity contribution in [2.45, 2.75) is 32.5 Å². The predicted octanol–water partition coefficient (Wildman–Crippen LogP) is 3.16. The summed E-state index contributed by atoms with van der Waals surface area (Å²) in [5, 5.41) is 9.60. The van der Waals surface area contributed by atoms with Gasteiger partial charge in [0.25, 0.3) is 0 Å². The lowest BCUT2D eigenvalue weighted by molar-refractivity contribution is 0.0494. The lowest BCUT2D eigenvalue weighted by Crippen LogP contribution is -2.52. The molecule has 1 unspecified atom stereocenters. The van der Waals surface area contributed by atoms with Crippen LogP contribution in [0.25, 0.3) is 0 Å². The SMILES string of the molecule is CCOc1ccccc1CN1CCN(Cc2cccc(OC)c2)CC1CCO. The molecule has 1 saturated heterocycles. The van der Waals surface area contributed by atoms with Gasteiger partial charge in [0.15, 0.2) is 0 Å². The second-order valence-corrected chi connectivity index (χ2v) is 7.26. The van der Waals surface area contributed by atoms with Gasteiger partial charge in [0.2, 0.25) is 0 Å². The molecule has 1 aliphatic heterocycles. The number of aliphatic hydroxyl groups excluding tert-OH is 1. The van der Waals surface area contributed by atoms with Crippen molar-refractivity contribution in [3.63, 3.8) is 0 Å². The van der Waals surface area contributed by atoms with Gasteiger partial charge in [0, 0.05) is 50.9 Å². The Morgan fingerprint density at radius 3 is 2.71 bits per heavy atom. The van der Waals surface area contributed by atoms with Gasteiger partial charge in [-0.05, 0) is 37.1 Å². The molecule has 2 aromatic carbocycles. The number of rotatable bonds is 9. The molecule has 5 heteroatoms. The Bertz CT molecular complexity index is 737. The fourth-order valence-electron chi connectivity index (χ4n) is 3.91. The number of methoxy groups -OCH3 is 1. The smallest absolute Gasteiger partial charge is 0.123 e. The van der Waals surface area contributed by atoms with Crippen molar-refractivity contribution in [2.75, 3.05) is 40.0 Å². The van der Waals surface area contributed by atoms with Gasteiger partial charge in [-0.3, -0.25) is 9.80 Å². The van der Waals surface area contributed by atoms with E-state index in [0.29, 0.717) is 12.6 Å². The summed E-state index contributed by atoms with van der Waals surface area (Å²) in [6.45, 7) is 7.60. The van der Waals surface area contributed by atoms with E-state index in [1.807, 2.05) is 31.2 Å². The maximum absolute atomic E-state index is 9.60. The lowest BCUT2D eigenvalue weighted by Gasteiger charge is -2.41. The largest absolute Gasteiger partial charge is 0.497 e. The third-order valence-corrected chi connectivity index (χ3v) is 5.34. The Morgan fingerprint density at radius 1 is 1.07 bits per heavy atom. The Labute approximate surface area is 168 Å². The molecule has 0 amide bonds. The molecular formula is C23H32N2O3. The molecule has 0 saturated carbocycles. The molecular weight excluding hydrogens is 352 g/mol. The summed E-state index contributed by atoms with van der Waals surface area (Å²) in [5.74, 6) is 1.86. The first kappa shape index (κ1) is 20.6. The number of benzene rings is 2. The van der Waals surface area contributed by atoms with Crippen LogP contribution >= 0.6 is 0 Å². The van der Waals surface area contributed by atoms with E-state index in [2.05, 4.69) is 34.1 Å². The lowest BCUT2D eigenvalue weighted by atomic mass is 10.1. The molecule has 0 bridgehead atoms. The topological polar surface area (TPSA) is 45.2 Å². The monoisotopic (exact) mass is 384 g/mol. The standard InChI is InChI=1S/C23H32N2O3/c1-3-28-23-10-5-4-8-20(23)17-25-13-12-24(18-21(25)11-14-26)16-19-7-6-9-22(15-19)27-2/h4-10,15,21,26H,3,11-14,16-18H2,1-2H3. The fourth-order valence-corrected chi connectivity index (χ4v) is 3.91. The first-order chi connectivity index (χ1) is 13.7. The van der Waals surface area contributed by atoms with E-state index in [0.717, 1.165) is 50.6 Å². The maximum atomic E-state index is 9.60. The summed E-state index contributed by atoms with van der Waals surface area (Å²) in [5.41, 5.74) is 2.48. The zero-order chi connectivity index (χ0) is 19.8. The number of para-hydroxylation sites is 1. The zero-order valence-corrected chi connectivity index (χ0v) is 17.0. The summed E-state index contributed by atoms with van der Waals surface area (Å²) in [4.78, 5) is 4.95. The van der Waals surface area contributed by atoms with Gasteiger partial charge >= 0.3 is 0 Å². The van der Waals surface area contributed by atoms with Crippen LogP contribution in [0.2, 0.25) is 0 Å². The highest BCUT2D eigenvalue weighted by molar-refractivity contribution is 5.33. The van der Waals surface area contributed by atoms with Gasteiger partial charge in [-0.25, -0.2) is 0 Å². The first-order valence-corrected chi connectivity index (χ1v) is 10.1. The molecule has 152 valence electrons. The highest BCUT2D eigenvalue weighted by Gasteiger charge is 2.27. The van der Waals surface area contributed by atoms with Crippen molar-refractivity contribution in [1.29, 1.82) is 0 Å². The normalized spacial score (nSPS) is 18.2. The summed E-state index contributed by atoms with van der Waals surface area (Å²) in [7, 11) is 1.70. The molecule has 1 heterocycles. The van der Waals surface area contributed by atoms with Gasteiger partial charge < -0.3 is 14.6 Å². The molecule has 5 nitrogen and oxygen atoms in total. The van der Waals surface area contributed by atoms with E-state index in [1.54, 1.807) is 7.11 Å². The average Bonchev–Trinajstić information content (AvgIpc) is 2.72. The minimum Gasteiger partial charge on any atom is -0.497 e. The summed E-state index contributed by atoms with van der Waals surface area (Å²) in [6.07, 6.45) is 0.783. The van der Waals surface area contributed by atoms with Crippen molar-refractivity contribution >= 4 is 0 Å². The van der Waals surface area contributed by atoms with Crippen LogP contribution in [0.15, 0.2) is 48.5 Å². The number of piperazine rings is 1. The van der Waals surface area contributed by atoms with E-state index in [1.165, 1.54) is 11.1 Å².